The summed E-state index contributed by atoms with van der Waals surface area (Å²) in [5.74, 6) is 0. The number of nitrogens with zero attached hydrogens (tertiary/aromatic N) is 4. The van der Waals surface area contributed by atoms with Crippen LogP contribution >= 0.6 is 0 Å². The van der Waals surface area contributed by atoms with Crippen LogP contribution in [0.3, 0.4) is 0 Å². The fourth-order valence-corrected chi connectivity index (χ4v) is 0.701. The van der Waals surface area contributed by atoms with Gasteiger partial charge >= 0.3 is 0 Å². The maximum atomic E-state index is 8.09. The van der Waals surface area contributed by atoms with Crippen LogP contribution in [0.1, 0.15) is 22.5 Å². The monoisotopic (exact) mass is 173 g/mol. The summed E-state index contributed by atoms with van der Waals surface area (Å²) in [5.41, 5.74) is 8.09. The fraction of sp³-hybridized carbons (Fsp3) is 1.00. The van der Waals surface area contributed by atoms with Crippen molar-refractivity contribution in [2.45, 2.75) is 19.7 Å². The summed E-state index contributed by atoms with van der Waals surface area (Å²) in [6, 6.07) is 0. The van der Waals surface area contributed by atoms with E-state index in [-0.39, 0.29) is 6.54 Å². The standard InChI is InChI=1S/C8H19N4/c1-4-12(2,3)8-6-5-7-10-11-9/h4-8H2,1-3H3/q+1/i5D2. The van der Waals surface area contributed by atoms with E-state index < -0.39 is 6.37 Å². The molecule has 0 radical (unpaired) electrons. The average molecular weight is 173 g/mol. The van der Waals surface area contributed by atoms with Gasteiger partial charge in [-0.1, -0.05) is 5.11 Å². The topological polar surface area (TPSA) is 48.8 Å². The number of rotatable bonds is 6. The maximum absolute atomic E-state index is 8.09. The highest BCUT2D eigenvalue weighted by atomic mass is 15.3. The number of azide groups is 1. The van der Waals surface area contributed by atoms with Crippen LogP contribution in [-0.2, 0) is 0 Å². The molecule has 0 amide bonds. The minimum absolute atomic E-state index is 0.0762. The van der Waals surface area contributed by atoms with E-state index in [4.69, 9.17) is 8.27 Å². The zero-order valence-electron chi connectivity index (χ0n) is 10.1. The second kappa shape index (κ2) is 5.86. The Morgan fingerprint density at radius 3 is 2.75 bits per heavy atom. The molecule has 0 fully saturated rings. The Balaban J connectivity index is 4.04. The lowest BCUT2D eigenvalue weighted by Gasteiger charge is -2.27. The molecule has 0 saturated carbocycles. The molecule has 0 atom stereocenters. The Kier molecular flexibility index (Phi) is 3.86. The summed E-state index contributed by atoms with van der Waals surface area (Å²) >= 11 is 0. The largest absolute Gasteiger partial charge is 0.329 e. The molecule has 0 aliphatic carbocycles. The van der Waals surface area contributed by atoms with Crippen molar-refractivity contribution >= 4 is 0 Å². The van der Waals surface area contributed by atoms with Gasteiger partial charge in [-0.2, -0.15) is 0 Å². The zero-order chi connectivity index (χ0) is 11.2. The molecule has 0 aromatic heterocycles. The molecule has 4 heteroatoms. The van der Waals surface area contributed by atoms with Gasteiger partial charge in [0.2, 0.25) is 0 Å². The van der Waals surface area contributed by atoms with Crippen LogP contribution in [-0.4, -0.2) is 38.2 Å². The van der Waals surface area contributed by atoms with Crippen LogP contribution in [0.25, 0.3) is 10.4 Å². The van der Waals surface area contributed by atoms with Gasteiger partial charge in [0.25, 0.3) is 0 Å². The van der Waals surface area contributed by atoms with Crippen molar-refractivity contribution in [1.82, 2.24) is 0 Å². The lowest BCUT2D eigenvalue weighted by molar-refractivity contribution is -0.888. The SMILES string of the molecule is [2H]C([2H])(CC[N+](C)(C)CC)CN=[N+]=[N-]. The van der Waals surface area contributed by atoms with Crippen LogP contribution in [0.5, 0.6) is 0 Å². The van der Waals surface area contributed by atoms with Crippen molar-refractivity contribution in [3.63, 3.8) is 0 Å². The van der Waals surface area contributed by atoms with Crippen molar-refractivity contribution in [3.8, 4) is 0 Å². The van der Waals surface area contributed by atoms with Crippen LogP contribution in [0.15, 0.2) is 5.11 Å². The van der Waals surface area contributed by atoms with Crippen LogP contribution in [0.4, 0.5) is 0 Å². The van der Waals surface area contributed by atoms with Crippen LogP contribution in [0.2, 0.25) is 0 Å². The van der Waals surface area contributed by atoms with Gasteiger partial charge < -0.3 is 4.48 Å². The Labute approximate surface area is 77.2 Å². The van der Waals surface area contributed by atoms with E-state index in [0.29, 0.717) is 6.42 Å². The summed E-state index contributed by atoms with van der Waals surface area (Å²) in [6.45, 7) is 3.72. The molecular formula is C8H19N4+. The second-order valence-corrected chi connectivity index (χ2v) is 3.36. The van der Waals surface area contributed by atoms with Gasteiger partial charge in [0.05, 0.1) is 27.2 Å². The smallest absolute Gasteiger partial charge is 0.0782 e. The lowest BCUT2D eigenvalue weighted by Crippen LogP contribution is -2.39. The maximum Gasteiger partial charge on any atom is 0.0782 e. The molecule has 0 aromatic rings. The molecular weight excluding hydrogens is 152 g/mol. The number of hydrogen-bond donors (Lipinski definition) is 0. The summed E-state index contributed by atoms with van der Waals surface area (Å²) in [5, 5.41) is 3.27. The van der Waals surface area contributed by atoms with Crippen molar-refractivity contribution in [3.05, 3.63) is 10.4 Å². The molecule has 4 nitrogen and oxygen atoms in total. The minimum atomic E-state index is -1.38. The van der Waals surface area contributed by atoms with Gasteiger partial charge in [-0.15, -0.1) is 0 Å². The number of hydrogen-bond acceptors (Lipinski definition) is 1. The first-order chi connectivity index (χ1) is 6.33. The molecule has 0 aliphatic heterocycles. The van der Waals surface area contributed by atoms with Gasteiger partial charge in [-0.05, 0) is 25.2 Å². The Morgan fingerprint density at radius 2 is 2.25 bits per heavy atom. The van der Waals surface area contributed by atoms with Crippen molar-refractivity contribution < 1.29 is 7.22 Å². The van der Waals surface area contributed by atoms with Crippen LogP contribution < -0.4 is 0 Å². The first-order valence-corrected chi connectivity index (χ1v) is 4.16. The minimum Gasteiger partial charge on any atom is -0.329 e. The van der Waals surface area contributed by atoms with Gasteiger partial charge in [0.15, 0.2) is 0 Å². The molecule has 0 unspecified atom stereocenters. The molecule has 0 heterocycles. The normalized spacial score (nSPS) is 14.6. The fourth-order valence-electron chi connectivity index (χ4n) is 0.701. The third kappa shape index (κ3) is 6.01. The van der Waals surface area contributed by atoms with E-state index in [0.717, 1.165) is 17.6 Å². The first-order valence-electron chi connectivity index (χ1n) is 5.16. The lowest BCUT2D eigenvalue weighted by atomic mass is 10.3. The van der Waals surface area contributed by atoms with Gasteiger partial charge in [0, 0.05) is 14.2 Å². The third-order valence-corrected chi connectivity index (χ3v) is 2.00. The highest BCUT2D eigenvalue weighted by Crippen LogP contribution is 2.00. The molecule has 70 valence electrons. The van der Waals surface area contributed by atoms with E-state index in [1.165, 1.54) is 0 Å². The highest BCUT2D eigenvalue weighted by Gasteiger charge is 2.09. The summed E-state index contributed by atoms with van der Waals surface area (Å²) in [4.78, 5) is 2.57. The van der Waals surface area contributed by atoms with Crippen molar-refractivity contribution in [1.29, 1.82) is 0 Å². The van der Waals surface area contributed by atoms with E-state index in [9.17, 15) is 0 Å². The molecule has 0 spiro atoms. The molecule has 0 bridgehead atoms. The molecule has 0 aromatic carbocycles. The summed E-state index contributed by atoms with van der Waals surface area (Å²) in [7, 11) is 4.12. The molecule has 12 heavy (non-hydrogen) atoms. The predicted octanol–water partition coefficient (Wildman–Crippen LogP) is 2.17. The van der Waals surface area contributed by atoms with Crippen molar-refractivity contribution in [2.24, 2.45) is 5.11 Å². The molecule has 0 N–H and O–H groups in total. The Bertz CT molecular complexity index is 221. The Morgan fingerprint density at radius 1 is 1.58 bits per heavy atom. The van der Waals surface area contributed by atoms with E-state index in [1.54, 1.807) is 0 Å². The van der Waals surface area contributed by atoms with Crippen molar-refractivity contribution in [2.75, 3.05) is 33.7 Å². The summed E-state index contributed by atoms with van der Waals surface area (Å²) < 4.78 is 15.9. The van der Waals surface area contributed by atoms with E-state index in [1.807, 2.05) is 0 Å². The zero-order valence-corrected chi connectivity index (χ0v) is 8.12. The summed E-state index contributed by atoms with van der Waals surface area (Å²) in [6.07, 6.45) is -0.955. The van der Waals surface area contributed by atoms with E-state index >= 15 is 0 Å². The molecule has 0 rings (SSSR count). The van der Waals surface area contributed by atoms with Gasteiger partial charge in [-0.3, -0.25) is 0 Å². The first kappa shape index (κ1) is 7.90. The third-order valence-electron chi connectivity index (χ3n) is 2.00. The van der Waals surface area contributed by atoms with Gasteiger partial charge in [0.1, 0.15) is 0 Å². The highest BCUT2D eigenvalue weighted by molar-refractivity contribution is 4.47. The molecule has 0 saturated heterocycles. The van der Waals surface area contributed by atoms with Gasteiger partial charge in [-0.25, -0.2) is 0 Å². The molecule has 0 aliphatic rings. The van der Waals surface area contributed by atoms with Crippen LogP contribution in [0, 0.1) is 0 Å². The van der Waals surface area contributed by atoms with E-state index in [2.05, 4.69) is 31.0 Å². The second-order valence-electron chi connectivity index (χ2n) is 3.36. The number of quaternary nitrogens is 1. The predicted molar refractivity (Wildman–Crippen MR) is 50.8 cm³/mol. The quantitative estimate of drug-likeness (QED) is 0.256. The average Bonchev–Trinajstić information content (AvgIpc) is 2.12. The Hall–Kier alpha value is -0.730.